The van der Waals surface area contributed by atoms with Crippen LogP contribution in [-0.4, -0.2) is 59.9 Å². The summed E-state index contributed by atoms with van der Waals surface area (Å²) in [6, 6.07) is 26.6. The number of fused-ring (bicyclic) bond motifs is 2. The van der Waals surface area contributed by atoms with E-state index in [4.69, 9.17) is 4.74 Å². The van der Waals surface area contributed by atoms with Crippen molar-refractivity contribution in [2.24, 2.45) is 0 Å². The van der Waals surface area contributed by atoms with Crippen molar-refractivity contribution in [3.8, 4) is 11.4 Å². The molecule has 0 aliphatic carbocycles. The molecular formula is C32H27FN4O5S. The smallest absolute Gasteiger partial charge is 0.261 e. The van der Waals surface area contributed by atoms with Crippen LogP contribution in [0.1, 0.15) is 26.3 Å². The third kappa shape index (κ3) is 6.18. The van der Waals surface area contributed by atoms with E-state index in [9.17, 15) is 22.4 Å². The Morgan fingerprint density at radius 3 is 2.23 bits per heavy atom. The molecule has 1 atom stereocenters. The Kier molecular flexibility index (Phi) is 7.75. The topological polar surface area (TPSA) is 111 Å². The molecule has 0 saturated carbocycles. The standard InChI is InChI=1S/C32H27FN4O5S/c33-24-10-12-26(13-11-24)37-30-15-14-27(19-23(30)20-34-37)42-21-25(18-22-6-2-1-3-7-22)35-43(40,41)17-16-36-31(38)28-8-4-5-9-29(28)32(36)39/h1-15,19-20,25,35H,16-18,21H2. The fourth-order valence-electron chi connectivity index (χ4n) is 5.09. The number of nitrogens with zero attached hydrogens (tertiary/aromatic N) is 3. The van der Waals surface area contributed by atoms with E-state index in [1.165, 1.54) is 12.1 Å². The Labute approximate surface area is 247 Å². The molecule has 218 valence electrons. The second-order valence-corrected chi connectivity index (χ2v) is 12.1. The summed E-state index contributed by atoms with van der Waals surface area (Å²) in [5.74, 6) is -1.26. The lowest BCUT2D eigenvalue weighted by atomic mass is 10.1. The minimum absolute atomic E-state index is 0.0265. The monoisotopic (exact) mass is 598 g/mol. The highest BCUT2D eigenvalue weighted by Gasteiger charge is 2.35. The van der Waals surface area contributed by atoms with E-state index >= 15 is 0 Å². The predicted molar refractivity (Wildman–Crippen MR) is 159 cm³/mol. The van der Waals surface area contributed by atoms with Gasteiger partial charge in [0.1, 0.15) is 18.2 Å². The van der Waals surface area contributed by atoms with Crippen LogP contribution in [0.3, 0.4) is 0 Å². The summed E-state index contributed by atoms with van der Waals surface area (Å²) in [6.45, 7) is -0.242. The fourth-order valence-corrected chi connectivity index (χ4v) is 6.29. The summed E-state index contributed by atoms with van der Waals surface area (Å²) in [5, 5.41) is 5.20. The van der Waals surface area contributed by atoms with Crippen LogP contribution < -0.4 is 9.46 Å². The van der Waals surface area contributed by atoms with Crippen molar-refractivity contribution in [1.82, 2.24) is 19.4 Å². The van der Waals surface area contributed by atoms with Crippen LogP contribution in [0.5, 0.6) is 5.75 Å². The van der Waals surface area contributed by atoms with E-state index < -0.39 is 33.6 Å². The number of halogens is 1. The molecule has 11 heteroatoms. The minimum atomic E-state index is -3.91. The zero-order chi connectivity index (χ0) is 30.0. The number of sulfonamides is 1. The normalized spacial score (nSPS) is 13.8. The number of amides is 2. The number of benzene rings is 4. The quantitative estimate of drug-likeness (QED) is 0.226. The van der Waals surface area contributed by atoms with Gasteiger partial charge in [-0.1, -0.05) is 42.5 Å². The van der Waals surface area contributed by atoms with Crippen molar-refractivity contribution in [3.05, 3.63) is 126 Å². The fraction of sp³-hybridized carbons (Fsp3) is 0.156. The van der Waals surface area contributed by atoms with Gasteiger partial charge in [0.15, 0.2) is 0 Å². The van der Waals surface area contributed by atoms with Gasteiger partial charge in [-0.15, -0.1) is 0 Å². The molecule has 0 spiro atoms. The highest BCUT2D eigenvalue weighted by atomic mass is 32.2. The Morgan fingerprint density at radius 1 is 0.860 bits per heavy atom. The molecule has 0 bridgehead atoms. The van der Waals surface area contributed by atoms with Crippen LogP contribution in [0.25, 0.3) is 16.6 Å². The molecule has 9 nitrogen and oxygen atoms in total. The summed E-state index contributed by atoms with van der Waals surface area (Å²) in [5.41, 5.74) is 2.97. The molecule has 6 rings (SSSR count). The van der Waals surface area contributed by atoms with Crippen molar-refractivity contribution in [3.63, 3.8) is 0 Å². The summed E-state index contributed by atoms with van der Waals surface area (Å²) < 4.78 is 50.1. The van der Waals surface area contributed by atoms with E-state index in [1.807, 2.05) is 36.4 Å². The lowest BCUT2D eigenvalue weighted by molar-refractivity contribution is 0.0664. The Balaban J connectivity index is 1.15. The highest BCUT2D eigenvalue weighted by Crippen LogP contribution is 2.24. The van der Waals surface area contributed by atoms with Crippen LogP contribution in [0, 0.1) is 5.82 Å². The maximum atomic E-state index is 13.4. The molecule has 4 aromatic carbocycles. The van der Waals surface area contributed by atoms with E-state index in [1.54, 1.807) is 59.4 Å². The van der Waals surface area contributed by atoms with Crippen molar-refractivity contribution < 1.29 is 27.1 Å². The van der Waals surface area contributed by atoms with Gasteiger partial charge in [-0.3, -0.25) is 14.5 Å². The summed E-state index contributed by atoms with van der Waals surface area (Å²) in [4.78, 5) is 26.3. The van der Waals surface area contributed by atoms with Gasteiger partial charge in [0.25, 0.3) is 11.8 Å². The summed E-state index contributed by atoms with van der Waals surface area (Å²) >= 11 is 0. The second kappa shape index (κ2) is 11.8. The molecular weight excluding hydrogens is 571 g/mol. The largest absolute Gasteiger partial charge is 0.492 e. The molecule has 1 aliphatic rings. The van der Waals surface area contributed by atoms with Crippen LogP contribution in [0.4, 0.5) is 4.39 Å². The number of hydrogen-bond donors (Lipinski definition) is 1. The van der Waals surface area contributed by atoms with Gasteiger partial charge in [-0.25, -0.2) is 22.2 Å². The number of hydrogen-bond acceptors (Lipinski definition) is 6. The number of aromatic nitrogens is 2. The number of rotatable bonds is 11. The predicted octanol–water partition coefficient (Wildman–Crippen LogP) is 4.37. The molecule has 1 aliphatic heterocycles. The first-order chi connectivity index (χ1) is 20.8. The third-order valence-electron chi connectivity index (χ3n) is 7.19. The average Bonchev–Trinajstić information content (AvgIpc) is 3.53. The first-order valence-electron chi connectivity index (χ1n) is 13.6. The summed E-state index contributed by atoms with van der Waals surface area (Å²) in [7, 11) is -3.91. The minimum Gasteiger partial charge on any atom is -0.492 e. The van der Waals surface area contributed by atoms with Crippen LogP contribution in [0.2, 0.25) is 0 Å². The zero-order valence-corrected chi connectivity index (χ0v) is 23.7. The molecule has 0 radical (unpaired) electrons. The second-order valence-electron chi connectivity index (χ2n) is 10.2. The molecule has 5 aromatic rings. The Hall–Kier alpha value is -4.87. The lowest BCUT2D eigenvalue weighted by Crippen LogP contribution is -2.44. The Bertz CT molecular complexity index is 1870. The van der Waals surface area contributed by atoms with Crippen LogP contribution in [-0.2, 0) is 16.4 Å². The molecule has 0 saturated heterocycles. The van der Waals surface area contributed by atoms with E-state index in [0.29, 0.717) is 17.9 Å². The third-order valence-corrected chi connectivity index (χ3v) is 8.61. The Morgan fingerprint density at radius 2 is 1.53 bits per heavy atom. The van der Waals surface area contributed by atoms with Crippen molar-refractivity contribution in [2.75, 3.05) is 18.9 Å². The van der Waals surface area contributed by atoms with Crippen molar-refractivity contribution >= 4 is 32.7 Å². The average molecular weight is 599 g/mol. The number of imide groups is 1. The maximum absolute atomic E-state index is 13.4. The van der Waals surface area contributed by atoms with Gasteiger partial charge in [0.05, 0.1) is 40.3 Å². The van der Waals surface area contributed by atoms with Crippen molar-refractivity contribution in [2.45, 2.75) is 12.5 Å². The SMILES string of the molecule is O=C1c2ccccc2C(=O)N1CCS(=O)(=O)NC(COc1ccc2c(cnn2-c2ccc(F)cc2)c1)Cc1ccccc1. The number of carbonyl (C=O) groups is 2. The molecule has 1 unspecified atom stereocenters. The molecule has 0 fully saturated rings. The zero-order valence-electron chi connectivity index (χ0n) is 22.9. The van der Waals surface area contributed by atoms with Gasteiger partial charge < -0.3 is 4.74 Å². The molecule has 2 amide bonds. The molecule has 1 aromatic heterocycles. The summed E-state index contributed by atoms with van der Waals surface area (Å²) in [6.07, 6.45) is 2.03. The van der Waals surface area contributed by atoms with E-state index in [0.717, 1.165) is 21.4 Å². The van der Waals surface area contributed by atoms with Crippen LogP contribution in [0.15, 0.2) is 103 Å². The van der Waals surface area contributed by atoms with Gasteiger partial charge in [0, 0.05) is 11.9 Å². The molecule has 1 N–H and O–H groups in total. The van der Waals surface area contributed by atoms with Crippen molar-refractivity contribution in [1.29, 1.82) is 0 Å². The first-order valence-corrected chi connectivity index (χ1v) is 15.3. The van der Waals surface area contributed by atoms with Crippen LogP contribution >= 0.6 is 0 Å². The number of nitrogens with one attached hydrogen (secondary N) is 1. The number of ether oxygens (including phenoxy) is 1. The van der Waals surface area contributed by atoms with E-state index in [-0.39, 0.29) is 30.1 Å². The highest BCUT2D eigenvalue weighted by molar-refractivity contribution is 7.89. The van der Waals surface area contributed by atoms with E-state index in [2.05, 4.69) is 9.82 Å². The van der Waals surface area contributed by atoms with Gasteiger partial charge in [-0.2, -0.15) is 5.10 Å². The maximum Gasteiger partial charge on any atom is 0.261 e. The molecule has 2 heterocycles. The lowest BCUT2D eigenvalue weighted by Gasteiger charge is -2.21. The van der Waals surface area contributed by atoms with Gasteiger partial charge in [0.2, 0.25) is 10.0 Å². The van der Waals surface area contributed by atoms with Gasteiger partial charge in [-0.05, 0) is 66.6 Å². The first kappa shape index (κ1) is 28.3. The molecule has 43 heavy (non-hydrogen) atoms. The van der Waals surface area contributed by atoms with Gasteiger partial charge >= 0.3 is 0 Å². The number of carbonyl (C=O) groups excluding carboxylic acids is 2.